The Morgan fingerprint density at radius 2 is 1.65 bits per heavy atom. The van der Waals surface area contributed by atoms with Crippen molar-refractivity contribution in [2.45, 2.75) is 43.1 Å². The molecule has 0 unspecified atom stereocenters. The molecular weight excluding hydrogens is 568 g/mol. The van der Waals surface area contributed by atoms with E-state index in [2.05, 4.69) is 10.6 Å². The van der Waals surface area contributed by atoms with Gasteiger partial charge < -0.3 is 31.2 Å². The van der Waals surface area contributed by atoms with Crippen LogP contribution in [0, 0.1) is 5.82 Å². The topological polar surface area (TPSA) is 115 Å². The second kappa shape index (κ2) is 14.9. The molecule has 3 aromatic rings. The van der Waals surface area contributed by atoms with Crippen LogP contribution in [0.15, 0.2) is 78.9 Å². The Kier molecular flexibility index (Phi) is 11.1. The smallest absolute Gasteiger partial charge is 0.407 e. The van der Waals surface area contributed by atoms with Gasteiger partial charge in [-0.1, -0.05) is 66.7 Å². The number of amides is 2. The Bertz CT molecular complexity index is 1300. The van der Waals surface area contributed by atoms with Crippen LogP contribution in [0.1, 0.15) is 29.0 Å². The number of benzene rings is 3. The number of halogens is 4. The van der Waals surface area contributed by atoms with E-state index in [4.69, 9.17) is 15.2 Å². The fraction of sp³-hybridized carbons (Fsp3) is 0.355. The number of anilines is 1. The SMILES string of the molecule is N[C@H](C(=O)Nc1cccc(F)c1CC[C@@H]1CN[C@H](COC(=O)NCC(F)(F)F)CO1)C(c1ccccc1)c1ccccc1. The Morgan fingerprint density at radius 3 is 2.23 bits per heavy atom. The fourth-order valence-electron chi connectivity index (χ4n) is 4.89. The fourth-order valence-corrected chi connectivity index (χ4v) is 4.89. The molecule has 3 aromatic carbocycles. The first-order valence-corrected chi connectivity index (χ1v) is 13.9. The van der Waals surface area contributed by atoms with Crippen LogP contribution in [0.4, 0.5) is 28.0 Å². The van der Waals surface area contributed by atoms with Gasteiger partial charge in [0.05, 0.1) is 24.8 Å². The van der Waals surface area contributed by atoms with Crippen LogP contribution < -0.4 is 21.7 Å². The molecule has 1 saturated heterocycles. The second-order valence-electron chi connectivity index (χ2n) is 10.2. The van der Waals surface area contributed by atoms with E-state index >= 15 is 0 Å². The number of nitrogens with two attached hydrogens (primary N) is 1. The number of alkyl halides is 3. The maximum atomic E-state index is 15.0. The van der Waals surface area contributed by atoms with Crippen molar-refractivity contribution < 1.29 is 36.6 Å². The molecule has 1 heterocycles. The van der Waals surface area contributed by atoms with E-state index in [1.54, 1.807) is 11.4 Å². The van der Waals surface area contributed by atoms with Crippen molar-refractivity contribution in [1.82, 2.24) is 10.6 Å². The van der Waals surface area contributed by atoms with Gasteiger partial charge in [0.15, 0.2) is 0 Å². The van der Waals surface area contributed by atoms with Crippen LogP contribution >= 0.6 is 0 Å². The minimum atomic E-state index is -4.53. The molecule has 8 nitrogen and oxygen atoms in total. The van der Waals surface area contributed by atoms with Crippen molar-refractivity contribution in [3.05, 3.63) is 101 Å². The maximum Gasteiger partial charge on any atom is 0.407 e. The standard InChI is InChI=1S/C31H34F4N4O4/c32-25-12-7-13-26(39-29(40)28(36)27(20-8-3-1-4-9-20)21-10-5-2-6-11-21)24(25)15-14-23-16-37-22(17-42-23)18-43-30(41)38-19-31(33,34)35/h1-13,22-23,27-28,37H,14-19,36H2,(H,38,41)(H,39,40)/t22-,23+,28-/m0/s1. The highest BCUT2D eigenvalue weighted by atomic mass is 19.4. The van der Waals surface area contributed by atoms with E-state index in [9.17, 15) is 27.2 Å². The Balaban J connectivity index is 1.32. The van der Waals surface area contributed by atoms with Gasteiger partial charge in [-0.3, -0.25) is 4.79 Å². The molecule has 5 N–H and O–H groups in total. The summed E-state index contributed by atoms with van der Waals surface area (Å²) in [6, 6.07) is 22.0. The van der Waals surface area contributed by atoms with E-state index < -0.39 is 48.5 Å². The number of hydrogen-bond acceptors (Lipinski definition) is 6. The summed E-state index contributed by atoms with van der Waals surface area (Å²) in [7, 11) is 0. The molecule has 0 aromatic heterocycles. The van der Waals surface area contributed by atoms with Gasteiger partial charge in [-0.25, -0.2) is 9.18 Å². The summed E-state index contributed by atoms with van der Waals surface area (Å²) < 4.78 is 62.2. The van der Waals surface area contributed by atoms with E-state index in [0.29, 0.717) is 24.2 Å². The van der Waals surface area contributed by atoms with Gasteiger partial charge in [0, 0.05) is 23.7 Å². The number of hydrogen-bond donors (Lipinski definition) is 4. The molecule has 1 aliphatic heterocycles. The zero-order chi connectivity index (χ0) is 30.8. The molecule has 4 rings (SSSR count). The normalized spacial score (nSPS) is 17.7. The monoisotopic (exact) mass is 602 g/mol. The highest BCUT2D eigenvalue weighted by Gasteiger charge is 2.30. The minimum Gasteiger partial charge on any atom is -0.448 e. The molecule has 3 atom stereocenters. The van der Waals surface area contributed by atoms with Crippen molar-refractivity contribution in [2.75, 3.05) is 31.6 Å². The minimum absolute atomic E-state index is 0.146. The average molecular weight is 603 g/mol. The lowest BCUT2D eigenvalue weighted by Gasteiger charge is -2.30. The summed E-state index contributed by atoms with van der Waals surface area (Å²) in [4.78, 5) is 24.9. The average Bonchev–Trinajstić information content (AvgIpc) is 3.00. The lowest BCUT2D eigenvalue weighted by atomic mass is 9.85. The number of morpholine rings is 1. The highest BCUT2D eigenvalue weighted by molar-refractivity contribution is 5.96. The molecule has 0 saturated carbocycles. The third kappa shape index (κ3) is 9.50. The number of nitrogens with one attached hydrogen (secondary N) is 3. The molecule has 0 spiro atoms. The second-order valence-corrected chi connectivity index (χ2v) is 10.2. The molecule has 43 heavy (non-hydrogen) atoms. The van der Waals surface area contributed by atoms with E-state index in [-0.39, 0.29) is 25.7 Å². The summed E-state index contributed by atoms with van der Waals surface area (Å²) in [5, 5.41) is 7.58. The maximum absolute atomic E-state index is 15.0. The first-order chi connectivity index (χ1) is 20.6. The van der Waals surface area contributed by atoms with Crippen molar-refractivity contribution in [2.24, 2.45) is 5.73 Å². The summed E-state index contributed by atoms with van der Waals surface area (Å²) in [6.45, 7) is -1.15. The van der Waals surface area contributed by atoms with Crippen molar-refractivity contribution in [1.29, 1.82) is 0 Å². The molecular formula is C31H34F4N4O4. The highest BCUT2D eigenvalue weighted by Crippen LogP contribution is 2.29. The number of carbonyl (C=O) groups is 2. The first kappa shape index (κ1) is 31.9. The third-order valence-corrected chi connectivity index (χ3v) is 7.09. The molecule has 12 heteroatoms. The zero-order valence-electron chi connectivity index (χ0n) is 23.3. The van der Waals surface area contributed by atoms with Gasteiger partial charge in [-0.2, -0.15) is 13.2 Å². The van der Waals surface area contributed by atoms with Crippen molar-refractivity contribution in [3.8, 4) is 0 Å². The van der Waals surface area contributed by atoms with Crippen LogP contribution in [0.5, 0.6) is 0 Å². The summed E-state index contributed by atoms with van der Waals surface area (Å²) in [5.74, 6) is -1.36. The summed E-state index contributed by atoms with van der Waals surface area (Å²) in [6.07, 6.45) is -5.33. The predicted molar refractivity (Wildman–Crippen MR) is 153 cm³/mol. The molecule has 1 fully saturated rings. The van der Waals surface area contributed by atoms with Crippen LogP contribution in [0.3, 0.4) is 0 Å². The molecule has 1 aliphatic rings. The van der Waals surface area contributed by atoms with Crippen LogP contribution in [0.25, 0.3) is 0 Å². The number of ether oxygens (including phenoxy) is 2. The van der Waals surface area contributed by atoms with E-state index in [1.807, 2.05) is 60.7 Å². The van der Waals surface area contributed by atoms with Gasteiger partial charge in [0.25, 0.3) is 0 Å². The molecule has 0 radical (unpaired) electrons. The lowest BCUT2D eigenvalue weighted by molar-refractivity contribution is -0.124. The molecule has 230 valence electrons. The first-order valence-electron chi connectivity index (χ1n) is 13.9. The number of carbonyl (C=O) groups excluding carboxylic acids is 2. The number of alkyl carbamates (subject to hydrolysis) is 1. The van der Waals surface area contributed by atoms with Gasteiger partial charge in [-0.05, 0) is 36.1 Å². The zero-order valence-corrected chi connectivity index (χ0v) is 23.3. The molecule has 2 amide bonds. The van der Waals surface area contributed by atoms with E-state index in [0.717, 1.165) is 11.1 Å². The van der Waals surface area contributed by atoms with E-state index in [1.165, 1.54) is 12.1 Å². The lowest BCUT2D eigenvalue weighted by Crippen LogP contribution is -2.49. The Labute approximate surface area is 246 Å². The molecule has 0 aliphatic carbocycles. The summed E-state index contributed by atoms with van der Waals surface area (Å²) >= 11 is 0. The predicted octanol–water partition coefficient (Wildman–Crippen LogP) is 4.50. The molecule has 0 bridgehead atoms. The van der Waals surface area contributed by atoms with Crippen LogP contribution in [-0.4, -0.2) is 62.7 Å². The van der Waals surface area contributed by atoms with Crippen molar-refractivity contribution >= 4 is 17.7 Å². The van der Waals surface area contributed by atoms with Gasteiger partial charge >= 0.3 is 12.3 Å². The third-order valence-electron chi connectivity index (χ3n) is 7.09. The van der Waals surface area contributed by atoms with Gasteiger partial charge in [0.1, 0.15) is 19.0 Å². The largest absolute Gasteiger partial charge is 0.448 e. The van der Waals surface area contributed by atoms with Gasteiger partial charge in [-0.15, -0.1) is 0 Å². The van der Waals surface area contributed by atoms with Gasteiger partial charge in [0.2, 0.25) is 5.91 Å². The van der Waals surface area contributed by atoms with Crippen LogP contribution in [-0.2, 0) is 20.7 Å². The van der Waals surface area contributed by atoms with Crippen molar-refractivity contribution in [3.63, 3.8) is 0 Å². The summed E-state index contributed by atoms with van der Waals surface area (Å²) in [5.41, 5.74) is 8.92. The Morgan fingerprint density at radius 1 is 1.00 bits per heavy atom. The Hall–Kier alpha value is -4.00. The quantitative estimate of drug-likeness (QED) is 0.241. The van der Waals surface area contributed by atoms with Crippen LogP contribution in [0.2, 0.25) is 0 Å². The number of rotatable bonds is 11.